The molecule has 2 saturated heterocycles. The lowest BCUT2D eigenvalue weighted by Crippen LogP contribution is -2.54. The van der Waals surface area contributed by atoms with Gasteiger partial charge in [-0.15, -0.1) is 11.3 Å². The van der Waals surface area contributed by atoms with Crippen LogP contribution in [0.3, 0.4) is 0 Å². The third-order valence-electron chi connectivity index (χ3n) is 3.93. The van der Waals surface area contributed by atoms with Crippen LogP contribution < -0.4 is 0 Å². The van der Waals surface area contributed by atoms with E-state index in [2.05, 4.69) is 15.9 Å². The van der Waals surface area contributed by atoms with Crippen LogP contribution in [-0.2, 0) is 6.54 Å². The van der Waals surface area contributed by atoms with Gasteiger partial charge in [0.15, 0.2) is 0 Å². The Bertz CT molecular complexity index is 379. The molecule has 3 heterocycles. The zero-order chi connectivity index (χ0) is 11.7. The maximum absolute atomic E-state index is 5.98. The first kappa shape index (κ1) is 12.0. The summed E-state index contributed by atoms with van der Waals surface area (Å²) in [6, 6.07) is 4.99. The molecule has 3 rings (SSSR count). The zero-order valence-corrected chi connectivity index (χ0v) is 11.6. The number of hydrogen-bond donors (Lipinski definition) is 0. The summed E-state index contributed by atoms with van der Waals surface area (Å²) in [5.74, 6) is 0. The van der Waals surface area contributed by atoms with Gasteiger partial charge in [0.2, 0.25) is 0 Å². The minimum Gasteiger partial charge on any atom is -0.298 e. The van der Waals surface area contributed by atoms with Gasteiger partial charge in [0, 0.05) is 37.1 Å². The van der Waals surface area contributed by atoms with Crippen molar-refractivity contribution in [1.82, 2.24) is 9.80 Å². The Morgan fingerprint density at radius 3 is 3.00 bits per heavy atom. The first-order valence-corrected chi connectivity index (χ1v) is 7.71. The van der Waals surface area contributed by atoms with Crippen LogP contribution in [0.1, 0.15) is 24.1 Å². The third kappa shape index (κ3) is 2.84. The van der Waals surface area contributed by atoms with Crippen LogP contribution in [0, 0.1) is 0 Å². The molecule has 0 spiro atoms. The first-order chi connectivity index (χ1) is 8.31. The Morgan fingerprint density at radius 1 is 1.24 bits per heavy atom. The summed E-state index contributed by atoms with van der Waals surface area (Å²) in [6.45, 7) is 6.12. The van der Waals surface area contributed by atoms with E-state index in [9.17, 15) is 0 Å². The van der Waals surface area contributed by atoms with Gasteiger partial charge in [-0.2, -0.15) is 0 Å². The van der Waals surface area contributed by atoms with Gasteiger partial charge in [0.25, 0.3) is 0 Å². The van der Waals surface area contributed by atoms with E-state index >= 15 is 0 Å². The van der Waals surface area contributed by atoms with Gasteiger partial charge in [-0.25, -0.2) is 0 Å². The molecule has 0 N–H and O–H groups in total. The largest absolute Gasteiger partial charge is 0.298 e. The van der Waals surface area contributed by atoms with Crippen molar-refractivity contribution in [2.45, 2.75) is 31.8 Å². The fourth-order valence-electron chi connectivity index (χ4n) is 3.02. The number of fused-ring (bicyclic) bond motifs is 1. The molecule has 17 heavy (non-hydrogen) atoms. The van der Waals surface area contributed by atoms with Gasteiger partial charge in [-0.1, -0.05) is 18.0 Å². The van der Waals surface area contributed by atoms with Crippen LogP contribution in [0.15, 0.2) is 12.1 Å². The summed E-state index contributed by atoms with van der Waals surface area (Å²) in [5, 5.41) is 0. The number of piperazine rings is 1. The minimum absolute atomic E-state index is 0.813. The van der Waals surface area contributed by atoms with E-state index in [1.54, 1.807) is 11.3 Å². The lowest BCUT2D eigenvalue weighted by atomic mass is 9.99. The summed E-state index contributed by atoms with van der Waals surface area (Å²) < 4.78 is 0.913. The van der Waals surface area contributed by atoms with Gasteiger partial charge in [0.1, 0.15) is 0 Å². The maximum atomic E-state index is 5.98. The predicted octanol–water partition coefficient (Wildman–Crippen LogP) is 3.07. The van der Waals surface area contributed by atoms with Gasteiger partial charge >= 0.3 is 0 Å². The van der Waals surface area contributed by atoms with Crippen molar-refractivity contribution < 1.29 is 0 Å². The summed E-state index contributed by atoms with van der Waals surface area (Å²) in [6.07, 6.45) is 4.21. The zero-order valence-electron chi connectivity index (χ0n) is 10.1. The second kappa shape index (κ2) is 5.27. The van der Waals surface area contributed by atoms with Crippen molar-refractivity contribution in [3.05, 3.63) is 21.3 Å². The van der Waals surface area contributed by atoms with Crippen LogP contribution in [-0.4, -0.2) is 42.0 Å². The smallest absolute Gasteiger partial charge is 0.0931 e. The predicted molar refractivity (Wildman–Crippen MR) is 73.8 cm³/mol. The summed E-state index contributed by atoms with van der Waals surface area (Å²) in [4.78, 5) is 6.68. The molecular formula is C13H19ClN2S. The molecule has 0 amide bonds. The summed E-state index contributed by atoms with van der Waals surface area (Å²) in [5.41, 5.74) is 0. The Kier molecular flexibility index (Phi) is 3.71. The molecule has 4 heteroatoms. The molecule has 0 bridgehead atoms. The molecule has 1 aromatic heterocycles. The molecule has 0 aliphatic carbocycles. The Balaban J connectivity index is 1.58. The van der Waals surface area contributed by atoms with Crippen LogP contribution in [0.4, 0.5) is 0 Å². The molecule has 2 aliphatic heterocycles. The molecule has 94 valence electrons. The van der Waals surface area contributed by atoms with E-state index < -0.39 is 0 Å². The Hall–Kier alpha value is -0.0900. The van der Waals surface area contributed by atoms with E-state index in [1.807, 2.05) is 6.07 Å². The Labute approximate surface area is 112 Å². The molecule has 1 unspecified atom stereocenters. The number of thiophene rings is 1. The van der Waals surface area contributed by atoms with Crippen molar-refractivity contribution in [2.24, 2.45) is 0 Å². The van der Waals surface area contributed by atoms with Crippen molar-refractivity contribution >= 4 is 22.9 Å². The third-order valence-corrected chi connectivity index (χ3v) is 5.15. The number of nitrogens with zero attached hydrogens (tertiary/aromatic N) is 2. The van der Waals surface area contributed by atoms with E-state index in [0.29, 0.717) is 0 Å². The van der Waals surface area contributed by atoms with Crippen molar-refractivity contribution in [1.29, 1.82) is 0 Å². The van der Waals surface area contributed by atoms with E-state index in [1.165, 1.54) is 50.3 Å². The number of halogens is 1. The van der Waals surface area contributed by atoms with Gasteiger partial charge in [-0.3, -0.25) is 9.80 Å². The average molecular weight is 271 g/mol. The molecule has 1 atom stereocenters. The normalized spacial score (nSPS) is 27.0. The van der Waals surface area contributed by atoms with Crippen LogP contribution in [0.2, 0.25) is 4.34 Å². The topological polar surface area (TPSA) is 6.48 Å². The van der Waals surface area contributed by atoms with Gasteiger partial charge in [0.05, 0.1) is 4.34 Å². The van der Waals surface area contributed by atoms with Crippen LogP contribution in [0.25, 0.3) is 0 Å². The molecule has 0 aromatic carbocycles. The second-order valence-electron chi connectivity index (χ2n) is 5.13. The van der Waals surface area contributed by atoms with Crippen LogP contribution >= 0.6 is 22.9 Å². The van der Waals surface area contributed by atoms with E-state index in [-0.39, 0.29) is 0 Å². The second-order valence-corrected chi connectivity index (χ2v) is 6.93. The highest BCUT2D eigenvalue weighted by atomic mass is 35.5. The molecule has 2 fully saturated rings. The van der Waals surface area contributed by atoms with E-state index in [0.717, 1.165) is 16.9 Å². The molecule has 2 nitrogen and oxygen atoms in total. The average Bonchev–Trinajstić information content (AvgIpc) is 2.75. The van der Waals surface area contributed by atoms with Crippen molar-refractivity contribution in [2.75, 3.05) is 26.2 Å². The first-order valence-electron chi connectivity index (χ1n) is 6.52. The summed E-state index contributed by atoms with van der Waals surface area (Å²) in [7, 11) is 0. The highest BCUT2D eigenvalue weighted by Crippen LogP contribution is 2.25. The molecular weight excluding hydrogens is 252 g/mol. The maximum Gasteiger partial charge on any atom is 0.0931 e. The molecule has 0 radical (unpaired) electrons. The van der Waals surface area contributed by atoms with Crippen molar-refractivity contribution in [3.8, 4) is 0 Å². The lowest BCUT2D eigenvalue weighted by Gasteiger charge is -2.44. The van der Waals surface area contributed by atoms with Crippen LogP contribution in [0.5, 0.6) is 0 Å². The van der Waals surface area contributed by atoms with Gasteiger partial charge in [-0.05, 0) is 31.5 Å². The molecule has 2 aliphatic rings. The molecule has 1 aromatic rings. The van der Waals surface area contributed by atoms with Crippen molar-refractivity contribution in [3.63, 3.8) is 0 Å². The quantitative estimate of drug-likeness (QED) is 0.815. The standard InChI is InChI=1S/C13H19ClN2S/c14-13-5-4-12(17-13)10-15-7-8-16-6-2-1-3-11(16)9-15/h4-5,11H,1-3,6-10H2. The SMILES string of the molecule is Clc1ccc(CN2CCN3CCCCC3C2)s1. The number of hydrogen-bond acceptors (Lipinski definition) is 3. The number of rotatable bonds is 2. The molecule has 0 saturated carbocycles. The highest BCUT2D eigenvalue weighted by molar-refractivity contribution is 7.16. The number of piperidine rings is 1. The summed E-state index contributed by atoms with van der Waals surface area (Å²) >= 11 is 7.70. The highest BCUT2D eigenvalue weighted by Gasteiger charge is 2.28. The fraction of sp³-hybridized carbons (Fsp3) is 0.692. The fourth-order valence-corrected chi connectivity index (χ4v) is 4.15. The van der Waals surface area contributed by atoms with E-state index in [4.69, 9.17) is 11.6 Å². The minimum atomic E-state index is 0.813. The monoisotopic (exact) mass is 270 g/mol. The Morgan fingerprint density at radius 2 is 2.18 bits per heavy atom. The lowest BCUT2D eigenvalue weighted by molar-refractivity contribution is 0.0461. The van der Waals surface area contributed by atoms with Gasteiger partial charge < -0.3 is 0 Å².